The lowest BCUT2D eigenvalue weighted by Crippen LogP contribution is -2.60. The van der Waals surface area contributed by atoms with E-state index < -0.39 is 117 Å². The van der Waals surface area contributed by atoms with Crippen LogP contribution in [0.15, 0.2) is 79.3 Å². The van der Waals surface area contributed by atoms with Gasteiger partial charge >= 0.3 is 11.9 Å². The highest BCUT2D eigenvalue weighted by Crippen LogP contribution is 2.41. The molecule has 446 valence electrons. The van der Waals surface area contributed by atoms with Crippen LogP contribution in [0, 0.1) is 22.9 Å². The molecule has 1 aliphatic rings. The van der Waals surface area contributed by atoms with Crippen LogP contribution in [0.2, 0.25) is 0 Å². The quantitative estimate of drug-likeness (QED) is 0.0376. The molecule has 3 aromatic carbocycles. The summed E-state index contributed by atoms with van der Waals surface area (Å²) >= 11 is 0. The lowest BCUT2D eigenvalue weighted by atomic mass is 9.85. The molecule has 0 saturated carbocycles. The first-order chi connectivity index (χ1) is 38.8. The standard InChI is InChI=1S/C55H65F5N12O10S/c1-29(69(9)53(77)82-55(6,7)8)49(74)66-47(54(3,4)5)51(76)72-27-35(23-40(72)50(75)65-45-37(57)12-11-13-38(45)58)64-42(73)28-80-21-20-71-26-33(24-63-71)36-25-62-48(61)43-44(67-70(10)46(36)43)32-16-19-39(68-83(78,79)52(59)60)41(22-32)81-30(2)31-14-17-34(56)18-15-31/h11-19,22,24-26,29-30,35,40,47,52,68H,20-21,23,27-28H2,1-10H3,(H2,61,62)(H,64,73)(H,65,75)(H,66,74)/t29-,30-,35+,40-,47+/m0/s1. The van der Waals surface area contributed by atoms with Crippen molar-refractivity contribution in [2.75, 3.05) is 42.6 Å². The number of fused-ring (bicyclic) bond motifs is 1. The summed E-state index contributed by atoms with van der Waals surface area (Å²) in [6, 6.07) is 7.72. The van der Waals surface area contributed by atoms with Gasteiger partial charge in [0.1, 0.15) is 76.8 Å². The number of aromatic nitrogens is 5. The first-order valence-corrected chi connectivity index (χ1v) is 27.6. The van der Waals surface area contributed by atoms with E-state index in [2.05, 4.69) is 26.0 Å². The minimum atomic E-state index is -5.13. The molecule has 22 nitrogen and oxygen atoms in total. The number of hydrogen-bond acceptors (Lipinski definition) is 14. The number of alkyl halides is 2. The van der Waals surface area contributed by atoms with Gasteiger partial charge in [0.05, 0.1) is 35.9 Å². The van der Waals surface area contributed by atoms with Crippen molar-refractivity contribution in [2.45, 2.75) is 110 Å². The van der Waals surface area contributed by atoms with Crippen molar-refractivity contribution in [1.82, 2.24) is 45.0 Å². The highest BCUT2D eigenvalue weighted by atomic mass is 32.2. The normalized spacial score (nSPS) is 15.8. The summed E-state index contributed by atoms with van der Waals surface area (Å²) in [6.07, 6.45) is 2.96. The number of likely N-dealkylation sites (N-methyl/N-ethyl adjacent to an activating group) is 1. The Labute approximate surface area is 475 Å². The molecule has 83 heavy (non-hydrogen) atoms. The molecule has 6 N–H and O–H groups in total. The van der Waals surface area contributed by atoms with Crippen molar-refractivity contribution >= 4 is 67.8 Å². The fourth-order valence-electron chi connectivity index (χ4n) is 9.01. The summed E-state index contributed by atoms with van der Waals surface area (Å²) in [7, 11) is -2.12. The van der Waals surface area contributed by atoms with Crippen LogP contribution in [0.4, 0.5) is 43.9 Å². The highest BCUT2D eigenvalue weighted by molar-refractivity contribution is 7.93. The van der Waals surface area contributed by atoms with Gasteiger partial charge in [0.15, 0.2) is 0 Å². The SMILES string of the molecule is C[C@H](Oc1cc(-c2nn(C)c3c(-c4cnn(CCOCC(=O)N[C@@H]5C[C@@H](C(=O)Nc6c(F)cccc6F)N(C(=O)[C@@H](NC(=O)[C@H](C)N(C)C(=O)OC(C)(C)C)C(C)(C)C)C5)c4)cnc(N)c23)ccc1NS(=O)(=O)C(F)F)c1ccc(F)cc1. The zero-order valence-corrected chi connectivity index (χ0v) is 47.9. The number of anilines is 3. The van der Waals surface area contributed by atoms with E-state index in [9.17, 15) is 54.3 Å². The predicted octanol–water partition coefficient (Wildman–Crippen LogP) is 7.13. The second kappa shape index (κ2) is 25.0. The molecule has 5 amide bonds. The van der Waals surface area contributed by atoms with E-state index in [1.165, 1.54) is 62.6 Å². The van der Waals surface area contributed by atoms with E-state index in [1.54, 1.807) is 77.3 Å². The Morgan fingerprint density at radius 3 is 2.24 bits per heavy atom. The summed E-state index contributed by atoms with van der Waals surface area (Å²) in [5, 5.41) is 17.2. The van der Waals surface area contributed by atoms with Crippen LogP contribution in [0.25, 0.3) is 33.3 Å². The van der Waals surface area contributed by atoms with E-state index in [0.29, 0.717) is 33.2 Å². The number of likely N-dealkylation sites (tertiary alicyclic amines) is 1. The number of carbonyl (C=O) groups is 5. The Bertz CT molecular complexity index is 3500. The summed E-state index contributed by atoms with van der Waals surface area (Å²) in [4.78, 5) is 75.0. The van der Waals surface area contributed by atoms with Crippen molar-refractivity contribution in [3.8, 4) is 28.1 Å². The van der Waals surface area contributed by atoms with Gasteiger partial charge in [0, 0.05) is 55.8 Å². The van der Waals surface area contributed by atoms with Gasteiger partial charge in [-0.3, -0.25) is 38.2 Å². The Hall–Kier alpha value is -8.40. The molecule has 4 heterocycles. The van der Waals surface area contributed by atoms with Gasteiger partial charge < -0.3 is 40.8 Å². The lowest BCUT2D eigenvalue weighted by Gasteiger charge is -2.36. The smallest absolute Gasteiger partial charge is 0.410 e. The van der Waals surface area contributed by atoms with Gasteiger partial charge in [0.2, 0.25) is 23.6 Å². The largest absolute Gasteiger partial charge is 0.484 e. The number of sulfonamides is 1. The maximum absolute atomic E-state index is 14.8. The zero-order valence-electron chi connectivity index (χ0n) is 47.1. The minimum absolute atomic E-state index is 0.0313. The fraction of sp³-hybridized carbons (Fsp3) is 0.418. The Kier molecular flexibility index (Phi) is 18.7. The van der Waals surface area contributed by atoms with Gasteiger partial charge in [-0.25, -0.2) is 31.4 Å². The van der Waals surface area contributed by atoms with Gasteiger partial charge in [0.25, 0.3) is 10.0 Å². The van der Waals surface area contributed by atoms with Gasteiger partial charge in [-0.15, -0.1) is 0 Å². The average molecular weight is 1180 g/mol. The third kappa shape index (κ3) is 14.8. The minimum Gasteiger partial charge on any atom is -0.484 e. The molecule has 1 fully saturated rings. The molecular formula is C55H65F5N12O10S. The summed E-state index contributed by atoms with van der Waals surface area (Å²) in [5.74, 6) is -9.53. The predicted molar refractivity (Wildman–Crippen MR) is 296 cm³/mol. The van der Waals surface area contributed by atoms with E-state index in [1.807, 2.05) is 4.72 Å². The second-order valence-electron chi connectivity index (χ2n) is 21.9. The lowest BCUT2D eigenvalue weighted by molar-refractivity contribution is -0.143. The molecular weight excluding hydrogens is 1120 g/mol. The van der Waals surface area contributed by atoms with Crippen LogP contribution in [0.3, 0.4) is 0 Å². The Morgan fingerprint density at radius 1 is 0.928 bits per heavy atom. The number of nitrogens with zero attached hydrogens (tertiary/aromatic N) is 7. The van der Waals surface area contributed by atoms with Gasteiger partial charge in [-0.1, -0.05) is 45.0 Å². The number of para-hydroxylation sites is 1. The molecule has 0 unspecified atom stereocenters. The van der Waals surface area contributed by atoms with E-state index in [0.717, 1.165) is 28.0 Å². The number of hydrogen-bond donors (Lipinski definition) is 5. The summed E-state index contributed by atoms with van der Waals surface area (Å²) < 4.78 is 117. The number of pyridine rings is 1. The van der Waals surface area contributed by atoms with Crippen molar-refractivity contribution in [3.63, 3.8) is 0 Å². The first kappa shape index (κ1) is 62.2. The number of halogens is 5. The van der Waals surface area contributed by atoms with Gasteiger partial charge in [-0.2, -0.15) is 19.0 Å². The number of nitrogens with one attached hydrogen (secondary N) is 4. The summed E-state index contributed by atoms with van der Waals surface area (Å²) in [6.45, 7) is 12.4. The number of amides is 5. The van der Waals surface area contributed by atoms with Crippen molar-refractivity contribution in [3.05, 3.63) is 102 Å². The first-order valence-electron chi connectivity index (χ1n) is 26.0. The van der Waals surface area contributed by atoms with E-state index in [4.69, 9.17) is 25.0 Å². The Morgan fingerprint density at radius 2 is 1.60 bits per heavy atom. The molecule has 1 aliphatic heterocycles. The van der Waals surface area contributed by atoms with Crippen LogP contribution in [0.1, 0.15) is 73.5 Å². The number of ether oxygens (including phenoxy) is 3. The van der Waals surface area contributed by atoms with Crippen molar-refractivity contribution in [1.29, 1.82) is 0 Å². The molecule has 0 bridgehead atoms. The maximum Gasteiger partial charge on any atom is 0.410 e. The molecule has 28 heteroatoms. The fourth-order valence-corrected chi connectivity index (χ4v) is 9.57. The molecule has 3 aromatic heterocycles. The Balaban J connectivity index is 1.03. The number of nitrogens with two attached hydrogens (primary N) is 1. The third-order valence-electron chi connectivity index (χ3n) is 13.4. The van der Waals surface area contributed by atoms with E-state index >= 15 is 0 Å². The highest BCUT2D eigenvalue weighted by Gasteiger charge is 2.46. The third-order valence-corrected chi connectivity index (χ3v) is 14.4. The van der Waals surface area contributed by atoms with Crippen molar-refractivity contribution < 1.29 is 68.6 Å². The molecule has 7 rings (SSSR count). The van der Waals surface area contributed by atoms with Crippen LogP contribution in [-0.4, -0.2) is 135 Å². The van der Waals surface area contributed by atoms with Crippen LogP contribution >= 0.6 is 0 Å². The average Bonchev–Trinajstić information content (AvgIpc) is 4.38. The molecule has 6 aromatic rings. The molecule has 5 atom stereocenters. The van der Waals surface area contributed by atoms with E-state index in [-0.39, 0.29) is 49.1 Å². The monoisotopic (exact) mass is 1180 g/mol. The van der Waals surface area contributed by atoms with Gasteiger partial charge in [-0.05, 0) is 88.4 Å². The van der Waals surface area contributed by atoms with Crippen molar-refractivity contribution in [2.24, 2.45) is 12.5 Å². The number of nitrogen functional groups attached to an aromatic ring is 1. The molecule has 0 spiro atoms. The summed E-state index contributed by atoms with van der Waals surface area (Å²) in [5.41, 5.74) is 6.29. The number of carbonyl (C=O) groups excluding carboxylic acids is 5. The zero-order chi connectivity index (χ0) is 61.0. The topological polar surface area (TPSA) is 276 Å². The molecule has 0 aliphatic carbocycles. The van der Waals surface area contributed by atoms with Crippen LogP contribution < -0.4 is 31.1 Å². The second-order valence-corrected chi connectivity index (χ2v) is 23.5. The molecule has 1 saturated heterocycles. The maximum atomic E-state index is 14.8. The number of rotatable bonds is 20. The number of benzene rings is 3. The van der Waals surface area contributed by atoms with Crippen LogP contribution in [-0.2, 0) is 52.3 Å². The number of aryl methyl sites for hydroxylation is 1. The van der Waals surface area contributed by atoms with Crippen LogP contribution in [0.5, 0.6) is 5.75 Å². The molecule has 0 radical (unpaired) electrons.